The lowest BCUT2D eigenvalue weighted by Gasteiger charge is -2.35. The van der Waals surface area contributed by atoms with Gasteiger partial charge >= 0.3 is 6.09 Å². The van der Waals surface area contributed by atoms with Crippen molar-refractivity contribution in [2.24, 2.45) is 0 Å². The highest BCUT2D eigenvalue weighted by molar-refractivity contribution is 8.00. The van der Waals surface area contributed by atoms with Crippen molar-refractivity contribution in [2.45, 2.75) is 30.4 Å². The molecule has 0 spiro atoms. The minimum Gasteiger partial charge on any atom is -0.448 e. The minimum absolute atomic E-state index is 0.155. The number of rotatable bonds is 7. The molecule has 156 valence electrons. The normalized spacial score (nSPS) is 18.8. The van der Waals surface area contributed by atoms with Crippen LogP contribution in [0.5, 0.6) is 0 Å². The Morgan fingerprint density at radius 1 is 1.24 bits per heavy atom. The number of alkyl halides is 1. The lowest BCUT2D eigenvalue weighted by molar-refractivity contribution is -0.129. The van der Waals surface area contributed by atoms with E-state index < -0.39 is 6.09 Å². The Balaban J connectivity index is 1.80. The number of benzene rings is 1. The minimum atomic E-state index is -0.540. The molecule has 2 amide bonds. The Labute approximate surface area is 182 Å². The van der Waals surface area contributed by atoms with Crippen LogP contribution in [-0.2, 0) is 14.3 Å². The van der Waals surface area contributed by atoms with Crippen molar-refractivity contribution >= 4 is 52.4 Å². The monoisotopic (exact) mass is 454 g/mol. The Bertz CT molecular complexity index is 853. The van der Waals surface area contributed by atoms with Crippen molar-refractivity contribution in [1.82, 2.24) is 5.48 Å². The zero-order chi connectivity index (χ0) is 20.7. The Kier molecular flexibility index (Phi) is 7.83. The lowest BCUT2D eigenvalue weighted by atomic mass is 9.94. The third-order valence-corrected chi connectivity index (χ3v) is 7.92. The Hall–Kier alpha value is -1.74. The maximum Gasteiger partial charge on any atom is 0.411 e. The number of amides is 2. The molecule has 1 fully saturated rings. The van der Waals surface area contributed by atoms with E-state index in [-0.39, 0.29) is 29.6 Å². The number of thiophene rings is 1. The number of hydrogen-bond acceptors (Lipinski definition) is 6. The molecular weight excluding hydrogens is 432 g/mol. The zero-order valence-electron chi connectivity index (χ0n) is 15.8. The molecule has 1 saturated heterocycles. The third kappa shape index (κ3) is 5.66. The van der Waals surface area contributed by atoms with Gasteiger partial charge in [-0.3, -0.25) is 15.3 Å². The molecule has 1 aromatic carbocycles. The average Bonchev–Trinajstić information content (AvgIpc) is 3.24. The highest BCUT2D eigenvalue weighted by atomic mass is 35.5. The number of anilines is 1. The van der Waals surface area contributed by atoms with E-state index in [0.717, 1.165) is 40.3 Å². The predicted molar refractivity (Wildman–Crippen MR) is 118 cm³/mol. The molecule has 0 bridgehead atoms. The maximum absolute atomic E-state index is 11.9. The molecular formula is C20H23ClN2O4S2. The topological polar surface area (TPSA) is 87.7 Å². The van der Waals surface area contributed by atoms with Crippen LogP contribution in [0.4, 0.5) is 10.5 Å². The number of halogens is 1. The zero-order valence-corrected chi connectivity index (χ0v) is 18.2. The van der Waals surface area contributed by atoms with Gasteiger partial charge in [0.05, 0.1) is 10.6 Å². The summed E-state index contributed by atoms with van der Waals surface area (Å²) in [7, 11) is 0. The summed E-state index contributed by atoms with van der Waals surface area (Å²) in [6.07, 6.45) is 2.81. The summed E-state index contributed by atoms with van der Waals surface area (Å²) < 4.78 is 4.63. The number of hydroxylamine groups is 1. The van der Waals surface area contributed by atoms with E-state index in [9.17, 15) is 9.59 Å². The molecule has 0 radical (unpaired) electrons. The van der Waals surface area contributed by atoms with Gasteiger partial charge in [-0.15, -0.1) is 34.7 Å². The predicted octanol–water partition coefficient (Wildman–Crippen LogP) is 5.21. The number of ether oxygens (including phenoxy) is 1. The van der Waals surface area contributed by atoms with E-state index in [2.05, 4.69) is 11.4 Å². The van der Waals surface area contributed by atoms with E-state index in [1.54, 1.807) is 34.6 Å². The third-order valence-electron chi connectivity index (χ3n) is 4.68. The molecule has 0 unspecified atom stereocenters. The highest BCUT2D eigenvalue weighted by Gasteiger charge is 2.38. The fourth-order valence-electron chi connectivity index (χ4n) is 3.35. The lowest BCUT2D eigenvalue weighted by Crippen LogP contribution is -2.32. The first-order valence-electron chi connectivity index (χ1n) is 9.34. The summed E-state index contributed by atoms with van der Waals surface area (Å²) >= 11 is 8.96. The summed E-state index contributed by atoms with van der Waals surface area (Å²) in [5.41, 5.74) is 3.39. The molecule has 2 heterocycles. The van der Waals surface area contributed by atoms with Crippen molar-refractivity contribution in [2.75, 3.05) is 23.6 Å². The van der Waals surface area contributed by atoms with Gasteiger partial charge < -0.3 is 4.74 Å². The molecule has 1 aliphatic rings. The number of nitrogens with one attached hydrogen (secondary N) is 2. The molecule has 1 atom stereocenters. The fourth-order valence-corrected chi connectivity index (χ4v) is 6.31. The van der Waals surface area contributed by atoms with Crippen molar-refractivity contribution in [3.05, 3.63) is 41.3 Å². The molecule has 0 aliphatic carbocycles. The van der Waals surface area contributed by atoms with Crippen LogP contribution in [0.15, 0.2) is 36.4 Å². The molecule has 29 heavy (non-hydrogen) atoms. The van der Waals surface area contributed by atoms with Gasteiger partial charge in [-0.05, 0) is 48.4 Å². The molecule has 3 rings (SSSR count). The van der Waals surface area contributed by atoms with E-state index in [4.69, 9.17) is 21.5 Å². The first kappa shape index (κ1) is 22.0. The summed E-state index contributed by atoms with van der Waals surface area (Å²) in [6, 6.07) is 11.6. The van der Waals surface area contributed by atoms with Crippen LogP contribution in [0.1, 0.15) is 30.6 Å². The van der Waals surface area contributed by atoms with Gasteiger partial charge in [0.15, 0.2) is 0 Å². The number of hydrogen-bond donors (Lipinski definition) is 3. The molecule has 1 aromatic heterocycles. The first-order valence-corrected chi connectivity index (χ1v) is 11.7. The maximum atomic E-state index is 11.9. The van der Waals surface area contributed by atoms with E-state index >= 15 is 0 Å². The van der Waals surface area contributed by atoms with Crippen LogP contribution in [0.25, 0.3) is 10.4 Å². The van der Waals surface area contributed by atoms with Gasteiger partial charge in [0.25, 0.3) is 0 Å². The second kappa shape index (κ2) is 10.3. The standard InChI is InChI=1S/C20H23ClN2O4S2/c21-9-10-27-19(25)22-15-5-3-4-14(12-15)16-6-7-17(29-16)20(13-18(24)23-26)8-1-2-11-28-20/h3-7,12,26H,1-2,8-11,13H2,(H,22,25)(H,23,24)/t20-/m0/s1. The molecule has 2 aromatic rings. The van der Waals surface area contributed by atoms with Gasteiger partial charge in [0, 0.05) is 21.9 Å². The van der Waals surface area contributed by atoms with E-state index in [1.807, 2.05) is 24.3 Å². The smallest absolute Gasteiger partial charge is 0.411 e. The van der Waals surface area contributed by atoms with Crippen molar-refractivity contribution in [1.29, 1.82) is 0 Å². The van der Waals surface area contributed by atoms with Gasteiger partial charge in [-0.25, -0.2) is 10.3 Å². The second-order valence-corrected chi connectivity index (χ2v) is 9.65. The Morgan fingerprint density at radius 2 is 2.10 bits per heavy atom. The summed E-state index contributed by atoms with van der Waals surface area (Å²) in [6.45, 7) is 0.155. The number of carbonyl (C=O) groups is 2. The summed E-state index contributed by atoms with van der Waals surface area (Å²) in [5, 5.41) is 11.7. The Morgan fingerprint density at radius 3 is 2.83 bits per heavy atom. The van der Waals surface area contributed by atoms with Crippen LogP contribution >= 0.6 is 34.7 Å². The van der Waals surface area contributed by atoms with Crippen LogP contribution in [0, 0.1) is 0 Å². The van der Waals surface area contributed by atoms with E-state index in [1.165, 1.54) is 0 Å². The highest BCUT2D eigenvalue weighted by Crippen LogP contribution is 2.50. The summed E-state index contributed by atoms with van der Waals surface area (Å²) in [4.78, 5) is 25.9. The average molecular weight is 455 g/mol. The van der Waals surface area contributed by atoms with Gasteiger partial charge in [-0.2, -0.15) is 0 Å². The second-order valence-electron chi connectivity index (χ2n) is 6.71. The van der Waals surface area contributed by atoms with E-state index in [0.29, 0.717) is 5.69 Å². The van der Waals surface area contributed by atoms with Crippen LogP contribution in [-0.4, -0.2) is 35.4 Å². The van der Waals surface area contributed by atoms with Crippen molar-refractivity contribution in [3.8, 4) is 10.4 Å². The van der Waals surface area contributed by atoms with Crippen LogP contribution in [0.2, 0.25) is 0 Å². The van der Waals surface area contributed by atoms with Crippen molar-refractivity contribution < 1.29 is 19.5 Å². The SMILES string of the molecule is O=C(C[C@]1(c2ccc(-c3cccc(NC(=O)OCCCl)c3)s2)CCCCS1)NO. The van der Waals surface area contributed by atoms with Gasteiger partial charge in [0.2, 0.25) is 5.91 Å². The summed E-state index contributed by atoms with van der Waals surface area (Å²) in [5.74, 6) is 0.880. The fraction of sp³-hybridized carbons (Fsp3) is 0.400. The number of carbonyl (C=O) groups excluding carboxylic acids is 2. The first-order chi connectivity index (χ1) is 14.1. The molecule has 6 nitrogen and oxygen atoms in total. The quantitative estimate of drug-likeness (QED) is 0.303. The molecule has 1 aliphatic heterocycles. The molecule has 3 N–H and O–H groups in total. The van der Waals surface area contributed by atoms with Crippen LogP contribution in [0.3, 0.4) is 0 Å². The van der Waals surface area contributed by atoms with Crippen molar-refractivity contribution in [3.63, 3.8) is 0 Å². The van der Waals surface area contributed by atoms with Crippen LogP contribution < -0.4 is 10.8 Å². The number of thioether (sulfide) groups is 1. The molecule has 9 heteroatoms. The van der Waals surface area contributed by atoms with Gasteiger partial charge in [0.1, 0.15) is 6.61 Å². The van der Waals surface area contributed by atoms with Gasteiger partial charge in [-0.1, -0.05) is 18.6 Å². The largest absolute Gasteiger partial charge is 0.448 e. The molecule has 0 saturated carbocycles.